The summed E-state index contributed by atoms with van der Waals surface area (Å²) in [5, 5.41) is 31.5. The lowest BCUT2D eigenvalue weighted by atomic mass is 10.0. The molecule has 3 unspecified atom stereocenters. The Hall–Kier alpha value is -2.77. The molecule has 0 bridgehead atoms. The molecule has 1 heterocycles. The average molecular weight is 498 g/mol. The molecule has 2 rings (SSSR count). The van der Waals surface area contributed by atoms with E-state index in [1.165, 1.54) is 11.9 Å². The van der Waals surface area contributed by atoms with Crippen molar-refractivity contribution in [1.82, 2.24) is 4.90 Å². The van der Waals surface area contributed by atoms with E-state index in [1.807, 2.05) is 0 Å². The first-order valence-corrected chi connectivity index (χ1v) is 11.3. The van der Waals surface area contributed by atoms with E-state index in [0.29, 0.717) is 11.3 Å². The maximum absolute atomic E-state index is 12.2. The number of carbonyl (C=O) groups excluding carboxylic acids is 3. The molecule has 0 spiro atoms. The van der Waals surface area contributed by atoms with Crippen LogP contribution in [0.2, 0.25) is 0 Å². The van der Waals surface area contributed by atoms with Gasteiger partial charge in [-0.25, -0.2) is 4.79 Å². The lowest BCUT2D eigenvalue weighted by molar-refractivity contribution is -0.269. The number of benzene rings is 1. The number of aliphatic hydroxyl groups excluding tert-OH is 3. The van der Waals surface area contributed by atoms with E-state index in [0.717, 1.165) is 0 Å². The molecule has 0 aliphatic carbocycles. The van der Waals surface area contributed by atoms with Crippen LogP contribution in [0.15, 0.2) is 24.3 Å². The third-order valence-corrected chi connectivity index (χ3v) is 5.55. The predicted molar refractivity (Wildman–Crippen MR) is 124 cm³/mol. The molecule has 12 heteroatoms. The van der Waals surface area contributed by atoms with Crippen molar-refractivity contribution in [3.63, 3.8) is 0 Å². The Morgan fingerprint density at radius 2 is 1.86 bits per heavy atom. The maximum atomic E-state index is 12.2. The number of likely N-dealkylation sites (N-methyl/N-ethyl adjacent to an activating group) is 1. The minimum atomic E-state index is -1.07. The summed E-state index contributed by atoms with van der Waals surface area (Å²) < 4.78 is 15.9. The van der Waals surface area contributed by atoms with Crippen molar-refractivity contribution in [3.8, 4) is 0 Å². The smallest absolute Gasteiger partial charge is 0.410 e. The van der Waals surface area contributed by atoms with Gasteiger partial charge in [0, 0.05) is 19.2 Å². The zero-order chi connectivity index (χ0) is 26.1. The summed E-state index contributed by atoms with van der Waals surface area (Å²) in [4.78, 5) is 37.2. The fourth-order valence-corrected chi connectivity index (χ4v) is 3.68. The molecule has 196 valence electrons. The van der Waals surface area contributed by atoms with Crippen LogP contribution in [-0.4, -0.2) is 89.0 Å². The van der Waals surface area contributed by atoms with Crippen molar-refractivity contribution in [3.05, 3.63) is 29.8 Å². The van der Waals surface area contributed by atoms with Crippen LogP contribution in [0.25, 0.3) is 0 Å². The Kier molecular flexibility index (Phi) is 10.9. The van der Waals surface area contributed by atoms with Gasteiger partial charge in [0.15, 0.2) is 6.29 Å². The van der Waals surface area contributed by atoms with Crippen molar-refractivity contribution in [1.29, 1.82) is 0 Å². The lowest BCUT2D eigenvalue weighted by Gasteiger charge is -2.36. The second-order valence-corrected chi connectivity index (χ2v) is 8.72. The van der Waals surface area contributed by atoms with E-state index in [1.54, 1.807) is 38.1 Å². The molecular weight excluding hydrogens is 462 g/mol. The van der Waals surface area contributed by atoms with Crippen LogP contribution in [0.4, 0.5) is 10.5 Å². The van der Waals surface area contributed by atoms with Gasteiger partial charge in [0.25, 0.3) is 0 Å². The van der Waals surface area contributed by atoms with Crippen LogP contribution >= 0.6 is 0 Å². The molecule has 1 fully saturated rings. The van der Waals surface area contributed by atoms with E-state index < -0.39 is 49.3 Å². The first-order valence-electron chi connectivity index (χ1n) is 11.3. The Morgan fingerprint density at radius 1 is 1.20 bits per heavy atom. The fourth-order valence-electron chi connectivity index (χ4n) is 3.68. The van der Waals surface area contributed by atoms with Crippen molar-refractivity contribution in [2.24, 2.45) is 11.7 Å². The monoisotopic (exact) mass is 497 g/mol. The van der Waals surface area contributed by atoms with Gasteiger partial charge in [0.1, 0.15) is 24.9 Å². The van der Waals surface area contributed by atoms with Crippen LogP contribution in [-0.2, 0) is 30.4 Å². The van der Waals surface area contributed by atoms with Crippen LogP contribution in [0.5, 0.6) is 0 Å². The molecule has 0 saturated carbocycles. The number of amides is 3. The molecule has 1 aromatic carbocycles. The average Bonchev–Trinajstić information content (AvgIpc) is 2.79. The number of hydrogen-bond acceptors (Lipinski definition) is 9. The third-order valence-electron chi connectivity index (χ3n) is 5.55. The number of carbonyl (C=O) groups is 3. The number of nitrogens with one attached hydrogen (secondary N) is 1. The molecule has 1 aliphatic heterocycles. The largest absolute Gasteiger partial charge is 0.445 e. The van der Waals surface area contributed by atoms with E-state index in [-0.39, 0.29) is 37.9 Å². The Balaban J connectivity index is 1.76. The number of rotatable bonds is 11. The second-order valence-electron chi connectivity index (χ2n) is 8.72. The summed E-state index contributed by atoms with van der Waals surface area (Å²) in [7, 11) is 1.45. The number of hydrogen-bond donors (Lipinski definition) is 5. The number of ether oxygens (including phenoxy) is 3. The van der Waals surface area contributed by atoms with Crippen LogP contribution < -0.4 is 11.1 Å². The number of nitrogens with zero attached hydrogens (tertiary/aromatic N) is 1. The quantitative estimate of drug-likeness (QED) is 0.280. The number of anilines is 1. The van der Waals surface area contributed by atoms with Gasteiger partial charge in [-0.15, -0.1) is 0 Å². The summed E-state index contributed by atoms with van der Waals surface area (Å²) in [6.45, 7) is 3.09. The molecule has 3 amide bonds. The highest BCUT2D eigenvalue weighted by molar-refractivity contribution is 5.90. The van der Waals surface area contributed by atoms with E-state index in [4.69, 9.17) is 19.9 Å². The summed E-state index contributed by atoms with van der Waals surface area (Å²) in [5.74, 6) is -1.11. The van der Waals surface area contributed by atoms with Crippen molar-refractivity contribution in [2.45, 2.75) is 63.9 Å². The first kappa shape index (κ1) is 28.5. The van der Waals surface area contributed by atoms with Crippen molar-refractivity contribution < 1.29 is 43.9 Å². The van der Waals surface area contributed by atoms with Gasteiger partial charge in [-0.2, -0.15) is 0 Å². The summed E-state index contributed by atoms with van der Waals surface area (Å²) in [6, 6.07) is 5.88. The standard InChI is InChI=1S/C23H35N3O9/c1-13(2)20(21(24)31)26(3)23(32)34-12-14-4-6-15(7-5-14)25-19(30)8-9-33-22-17(29)10-16(28)18(11-27)35-22/h4-7,13,16-18,20,22,27-29H,8-12H2,1-3H3,(H2,24,31)(H,25,30)/t16?,17?,18-,20?,22-/m1/s1. The van der Waals surface area contributed by atoms with Crippen LogP contribution in [0.1, 0.15) is 32.3 Å². The van der Waals surface area contributed by atoms with Gasteiger partial charge < -0.3 is 40.6 Å². The normalized spacial score (nSPS) is 22.9. The molecule has 1 aliphatic rings. The van der Waals surface area contributed by atoms with Crippen molar-refractivity contribution in [2.75, 3.05) is 25.6 Å². The molecule has 1 saturated heterocycles. The van der Waals surface area contributed by atoms with Crippen LogP contribution in [0, 0.1) is 5.92 Å². The molecule has 1 aromatic rings. The molecule has 12 nitrogen and oxygen atoms in total. The highest BCUT2D eigenvalue weighted by Crippen LogP contribution is 2.21. The number of nitrogens with two attached hydrogens (primary N) is 1. The third kappa shape index (κ3) is 8.44. The molecule has 0 radical (unpaired) electrons. The van der Waals surface area contributed by atoms with Gasteiger partial charge in [-0.3, -0.25) is 14.5 Å². The maximum Gasteiger partial charge on any atom is 0.410 e. The first-order chi connectivity index (χ1) is 16.5. The molecule has 6 N–H and O–H groups in total. The lowest BCUT2D eigenvalue weighted by Crippen LogP contribution is -2.49. The van der Waals surface area contributed by atoms with Gasteiger partial charge in [-0.05, 0) is 23.6 Å². The summed E-state index contributed by atoms with van der Waals surface area (Å²) >= 11 is 0. The summed E-state index contributed by atoms with van der Waals surface area (Å²) in [5.41, 5.74) is 6.56. The van der Waals surface area contributed by atoms with Gasteiger partial charge in [0.2, 0.25) is 11.8 Å². The molecule has 35 heavy (non-hydrogen) atoms. The van der Waals surface area contributed by atoms with Crippen LogP contribution in [0.3, 0.4) is 0 Å². The van der Waals surface area contributed by atoms with Crippen molar-refractivity contribution >= 4 is 23.6 Å². The fraction of sp³-hybridized carbons (Fsp3) is 0.609. The second kappa shape index (κ2) is 13.4. The van der Waals surface area contributed by atoms with Gasteiger partial charge in [-0.1, -0.05) is 26.0 Å². The zero-order valence-electron chi connectivity index (χ0n) is 20.1. The zero-order valence-corrected chi connectivity index (χ0v) is 20.1. The molecule has 5 atom stereocenters. The molecular formula is C23H35N3O9. The Bertz CT molecular complexity index is 849. The number of aliphatic hydroxyl groups is 3. The van der Waals surface area contributed by atoms with E-state index in [2.05, 4.69) is 5.32 Å². The topological polar surface area (TPSA) is 181 Å². The molecule has 0 aromatic heterocycles. The Labute approximate surface area is 203 Å². The highest BCUT2D eigenvalue weighted by Gasteiger charge is 2.36. The highest BCUT2D eigenvalue weighted by atomic mass is 16.7. The predicted octanol–water partition coefficient (Wildman–Crippen LogP) is -0.0608. The number of primary amides is 1. The summed E-state index contributed by atoms with van der Waals surface area (Å²) in [6.07, 6.45) is -4.63. The minimum absolute atomic E-state index is 0.00346. The minimum Gasteiger partial charge on any atom is -0.445 e. The van der Waals surface area contributed by atoms with E-state index >= 15 is 0 Å². The Morgan fingerprint density at radius 3 is 2.43 bits per heavy atom. The van der Waals surface area contributed by atoms with Gasteiger partial charge in [0.05, 0.1) is 25.7 Å². The SMILES string of the molecule is CC(C)C(C(N)=O)N(C)C(=O)OCc1ccc(NC(=O)CCO[C@@H]2O[C@H](CO)C(O)CC2O)cc1. The van der Waals surface area contributed by atoms with Gasteiger partial charge >= 0.3 is 6.09 Å². The van der Waals surface area contributed by atoms with E-state index in [9.17, 15) is 29.7 Å².